The molecule has 1 fully saturated rings. The minimum absolute atomic E-state index is 0.0759. The molecule has 3 rings (SSSR count). The average molecular weight is 440 g/mol. The average Bonchev–Trinajstić information content (AvgIpc) is 2.84. The normalized spacial score (nSPS) is 15.2. The molecule has 6 nitrogen and oxygen atoms in total. The lowest BCUT2D eigenvalue weighted by Gasteiger charge is -2.37. The molecule has 1 N–H and O–H groups in total. The zero-order valence-electron chi connectivity index (χ0n) is 18.6. The van der Waals surface area contributed by atoms with Gasteiger partial charge >= 0.3 is 0 Å². The molecule has 0 spiro atoms. The van der Waals surface area contributed by atoms with Crippen molar-refractivity contribution in [2.24, 2.45) is 5.92 Å². The minimum Gasteiger partial charge on any atom is -0.341 e. The minimum atomic E-state index is -0.648. The van der Waals surface area contributed by atoms with Gasteiger partial charge in [0.1, 0.15) is 11.9 Å². The third kappa shape index (κ3) is 5.52. The number of piperidine rings is 1. The number of amides is 3. The maximum Gasteiger partial charge on any atom is 0.253 e. The van der Waals surface area contributed by atoms with Crippen LogP contribution in [0.5, 0.6) is 0 Å². The monoisotopic (exact) mass is 439 g/mol. The van der Waals surface area contributed by atoms with E-state index in [1.807, 2.05) is 19.9 Å². The molecular weight excluding hydrogens is 409 g/mol. The number of carbonyl (C=O) groups excluding carboxylic acids is 3. The van der Waals surface area contributed by atoms with Gasteiger partial charge in [0, 0.05) is 37.3 Å². The zero-order chi connectivity index (χ0) is 23.1. The molecule has 1 aliphatic rings. The summed E-state index contributed by atoms with van der Waals surface area (Å²) in [6.45, 7) is 5.92. The van der Waals surface area contributed by atoms with Crippen LogP contribution in [0.2, 0.25) is 0 Å². The Hall–Kier alpha value is -3.22. The van der Waals surface area contributed by atoms with Gasteiger partial charge < -0.3 is 15.1 Å². The van der Waals surface area contributed by atoms with E-state index in [0.717, 1.165) is 0 Å². The molecular formula is C25H30FN3O3. The van der Waals surface area contributed by atoms with Crippen molar-refractivity contribution in [1.82, 2.24) is 15.1 Å². The van der Waals surface area contributed by atoms with Gasteiger partial charge in [-0.2, -0.15) is 0 Å². The van der Waals surface area contributed by atoms with E-state index >= 15 is 0 Å². The second-order valence-corrected chi connectivity index (χ2v) is 7.96. The van der Waals surface area contributed by atoms with Gasteiger partial charge in [-0.3, -0.25) is 14.4 Å². The highest BCUT2D eigenvalue weighted by Crippen LogP contribution is 2.24. The molecule has 2 aromatic carbocycles. The van der Waals surface area contributed by atoms with E-state index in [0.29, 0.717) is 50.1 Å². The molecule has 1 aliphatic heterocycles. The topological polar surface area (TPSA) is 69.7 Å². The lowest BCUT2D eigenvalue weighted by Crippen LogP contribution is -2.54. The van der Waals surface area contributed by atoms with Crippen molar-refractivity contribution < 1.29 is 18.8 Å². The lowest BCUT2D eigenvalue weighted by atomic mass is 9.87. The predicted octanol–water partition coefficient (Wildman–Crippen LogP) is 3.34. The third-order valence-electron chi connectivity index (χ3n) is 6.05. The highest BCUT2D eigenvalue weighted by molar-refractivity contribution is 5.97. The standard InChI is InChI=1S/C25H30FN3O3/c1-3-28(4-2)25(32)22(27-23(30)19-8-6-5-7-9-19)18-14-16-29(17-15-18)24(31)20-10-12-21(26)13-11-20/h5-13,18,22H,3-4,14-17H2,1-2H3,(H,27,30)/t22-/m1/s1. The van der Waals surface area contributed by atoms with Gasteiger partial charge in [-0.15, -0.1) is 0 Å². The lowest BCUT2D eigenvalue weighted by molar-refractivity contribution is -0.134. The Balaban J connectivity index is 1.71. The number of nitrogens with one attached hydrogen (secondary N) is 1. The Morgan fingerprint density at radius 3 is 2.12 bits per heavy atom. The Morgan fingerprint density at radius 2 is 1.56 bits per heavy atom. The highest BCUT2D eigenvalue weighted by Gasteiger charge is 2.35. The zero-order valence-corrected chi connectivity index (χ0v) is 18.6. The molecule has 1 saturated heterocycles. The molecule has 170 valence electrons. The maximum absolute atomic E-state index is 13.2. The van der Waals surface area contributed by atoms with Crippen LogP contribution in [-0.4, -0.2) is 59.7 Å². The molecule has 32 heavy (non-hydrogen) atoms. The summed E-state index contributed by atoms with van der Waals surface area (Å²) in [5.41, 5.74) is 0.951. The van der Waals surface area contributed by atoms with E-state index in [-0.39, 0.29) is 29.5 Å². The van der Waals surface area contributed by atoms with Gasteiger partial charge in [0.05, 0.1) is 0 Å². The fourth-order valence-corrected chi connectivity index (χ4v) is 4.14. The quantitative estimate of drug-likeness (QED) is 0.719. The van der Waals surface area contributed by atoms with Crippen LogP contribution in [0.15, 0.2) is 54.6 Å². The smallest absolute Gasteiger partial charge is 0.253 e. The van der Waals surface area contributed by atoms with E-state index < -0.39 is 6.04 Å². The number of hydrogen-bond acceptors (Lipinski definition) is 3. The van der Waals surface area contributed by atoms with Crippen LogP contribution in [0.4, 0.5) is 4.39 Å². The maximum atomic E-state index is 13.2. The van der Waals surface area contributed by atoms with Gasteiger partial charge in [-0.1, -0.05) is 18.2 Å². The summed E-state index contributed by atoms with van der Waals surface area (Å²) in [6.07, 6.45) is 1.19. The summed E-state index contributed by atoms with van der Waals surface area (Å²) < 4.78 is 13.2. The largest absolute Gasteiger partial charge is 0.341 e. The van der Waals surface area contributed by atoms with Crippen LogP contribution in [-0.2, 0) is 4.79 Å². The van der Waals surface area contributed by atoms with Gasteiger partial charge in [0.15, 0.2) is 0 Å². The number of hydrogen-bond donors (Lipinski definition) is 1. The Labute approximate surface area is 188 Å². The number of benzene rings is 2. The van der Waals surface area contributed by atoms with Crippen LogP contribution in [0.1, 0.15) is 47.4 Å². The summed E-state index contributed by atoms with van der Waals surface area (Å²) in [4.78, 5) is 42.2. The van der Waals surface area contributed by atoms with Crippen LogP contribution >= 0.6 is 0 Å². The molecule has 2 aromatic rings. The molecule has 0 unspecified atom stereocenters. The third-order valence-corrected chi connectivity index (χ3v) is 6.05. The van der Waals surface area contributed by atoms with Crippen molar-refractivity contribution >= 4 is 17.7 Å². The van der Waals surface area contributed by atoms with Gasteiger partial charge in [-0.25, -0.2) is 4.39 Å². The molecule has 3 amide bonds. The van der Waals surface area contributed by atoms with Gasteiger partial charge in [0.25, 0.3) is 11.8 Å². The summed E-state index contributed by atoms with van der Waals surface area (Å²) in [6, 6.07) is 13.7. The van der Waals surface area contributed by atoms with Gasteiger partial charge in [-0.05, 0) is 69.0 Å². The van der Waals surface area contributed by atoms with E-state index in [1.54, 1.807) is 34.1 Å². The summed E-state index contributed by atoms with van der Waals surface area (Å²) in [7, 11) is 0. The molecule has 0 aliphatic carbocycles. The highest BCUT2D eigenvalue weighted by atomic mass is 19.1. The summed E-state index contributed by atoms with van der Waals surface area (Å²) >= 11 is 0. The number of carbonyl (C=O) groups is 3. The van der Waals surface area contributed by atoms with Crippen LogP contribution < -0.4 is 5.32 Å². The van der Waals surface area contributed by atoms with Crippen molar-refractivity contribution in [3.05, 3.63) is 71.5 Å². The Morgan fingerprint density at radius 1 is 0.969 bits per heavy atom. The van der Waals surface area contributed by atoms with Crippen molar-refractivity contribution in [2.75, 3.05) is 26.2 Å². The van der Waals surface area contributed by atoms with Crippen molar-refractivity contribution in [1.29, 1.82) is 0 Å². The molecule has 0 radical (unpaired) electrons. The number of rotatable bonds is 7. The second-order valence-electron chi connectivity index (χ2n) is 7.96. The van der Waals surface area contributed by atoms with E-state index in [4.69, 9.17) is 0 Å². The second kappa shape index (κ2) is 10.9. The van der Waals surface area contributed by atoms with Gasteiger partial charge in [0.2, 0.25) is 5.91 Å². The molecule has 7 heteroatoms. The number of halogens is 1. The van der Waals surface area contributed by atoms with Crippen molar-refractivity contribution in [3.63, 3.8) is 0 Å². The number of likely N-dealkylation sites (tertiary alicyclic amines) is 1. The molecule has 1 heterocycles. The van der Waals surface area contributed by atoms with Crippen LogP contribution in [0.3, 0.4) is 0 Å². The van der Waals surface area contributed by atoms with Crippen molar-refractivity contribution in [2.45, 2.75) is 32.7 Å². The fourth-order valence-electron chi connectivity index (χ4n) is 4.14. The first kappa shape index (κ1) is 23.4. The van der Waals surface area contributed by atoms with E-state index in [9.17, 15) is 18.8 Å². The Kier molecular flexibility index (Phi) is 7.98. The van der Waals surface area contributed by atoms with Crippen LogP contribution in [0, 0.1) is 11.7 Å². The number of likely N-dealkylation sites (N-methyl/N-ethyl adjacent to an activating group) is 1. The molecule has 0 saturated carbocycles. The van der Waals surface area contributed by atoms with Crippen LogP contribution in [0.25, 0.3) is 0 Å². The summed E-state index contributed by atoms with van der Waals surface area (Å²) in [5.74, 6) is -0.980. The SMILES string of the molecule is CCN(CC)C(=O)[C@H](NC(=O)c1ccccc1)C1CCN(C(=O)c2ccc(F)cc2)CC1. The van der Waals surface area contributed by atoms with E-state index in [1.165, 1.54) is 24.3 Å². The Bertz CT molecular complexity index is 921. The number of nitrogens with zero attached hydrogens (tertiary/aromatic N) is 2. The molecule has 0 bridgehead atoms. The summed E-state index contributed by atoms with van der Waals surface area (Å²) in [5, 5.41) is 2.96. The molecule has 1 atom stereocenters. The molecule has 0 aromatic heterocycles. The first-order chi connectivity index (χ1) is 15.4. The first-order valence-electron chi connectivity index (χ1n) is 11.1. The fraction of sp³-hybridized carbons (Fsp3) is 0.400. The first-order valence-corrected chi connectivity index (χ1v) is 11.1. The predicted molar refractivity (Wildman–Crippen MR) is 121 cm³/mol. The van der Waals surface area contributed by atoms with Crippen molar-refractivity contribution in [3.8, 4) is 0 Å². The van der Waals surface area contributed by atoms with E-state index in [2.05, 4.69) is 5.32 Å².